The molecule has 0 amide bonds. The summed E-state index contributed by atoms with van der Waals surface area (Å²) < 4.78 is 12.4. The van der Waals surface area contributed by atoms with Crippen LogP contribution in [0.1, 0.15) is 38.2 Å². The third kappa shape index (κ3) is 6.77. The van der Waals surface area contributed by atoms with Crippen LogP contribution in [-0.4, -0.2) is 42.0 Å². The van der Waals surface area contributed by atoms with E-state index in [2.05, 4.69) is 28.1 Å². The van der Waals surface area contributed by atoms with Crippen LogP contribution in [0.15, 0.2) is 48.5 Å². The molecule has 1 aromatic heterocycles. The van der Waals surface area contributed by atoms with E-state index in [1.54, 1.807) is 11.3 Å². The zero-order valence-corrected chi connectivity index (χ0v) is 19.0. The largest absolute Gasteiger partial charge is 0.481 e. The number of thiazole rings is 1. The Balaban J connectivity index is 1.26. The Bertz CT molecular complexity index is 949. The lowest BCUT2D eigenvalue weighted by atomic mass is 10.1. The summed E-state index contributed by atoms with van der Waals surface area (Å²) in [6.07, 6.45) is 5.47. The van der Waals surface area contributed by atoms with Crippen LogP contribution in [0.25, 0.3) is 10.2 Å². The van der Waals surface area contributed by atoms with E-state index in [0.717, 1.165) is 54.2 Å². The lowest BCUT2D eigenvalue weighted by Crippen LogP contribution is -2.30. The normalized spacial score (nSPS) is 13.6. The van der Waals surface area contributed by atoms with Crippen LogP contribution < -0.4 is 4.74 Å². The van der Waals surface area contributed by atoms with Gasteiger partial charge in [-0.15, -0.1) is 0 Å². The second-order valence-electron chi connectivity index (χ2n) is 8.15. The van der Waals surface area contributed by atoms with Gasteiger partial charge in [-0.1, -0.05) is 35.6 Å². The molecule has 1 saturated carbocycles. The van der Waals surface area contributed by atoms with Gasteiger partial charge in [0.1, 0.15) is 5.75 Å². The first-order valence-electron chi connectivity index (χ1n) is 11.2. The number of nitrogens with zero attached hydrogens (tertiary/aromatic N) is 2. The first kappa shape index (κ1) is 21.8. The zero-order chi connectivity index (χ0) is 21.5. The number of benzene rings is 2. The molecule has 1 fully saturated rings. The van der Waals surface area contributed by atoms with Crippen molar-refractivity contribution in [1.82, 2.24) is 9.88 Å². The zero-order valence-electron chi connectivity index (χ0n) is 18.2. The van der Waals surface area contributed by atoms with Gasteiger partial charge >= 0.3 is 0 Å². The molecular formula is C25H31N3O2S. The maximum atomic E-state index is 7.80. The van der Waals surface area contributed by atoms with Crippen LogP contribution in [0, 0.1) is 11.3 Å². The summed E-state index contributed by atoms with van der Waals surface area (Å²) in [6.45, 7) is 5.79. The molecule has 0 unspecified atom stereocenters. The summed E-state index contributed by atoms with van der Waals surface area (Å²) in [5.41, 5.74) is 2.30. The van der Waals surface area contributed by atoms with Gasteiger partial charge in [0.05, 0.1) is 16.8 Å². The fraction of sp³-hybridized carbons (Fsp3) is 0.440. The van der Waals surface area contributed by atoms with Crippen molar-refractivity contribution in [2.75, 3.05) is 26.2 Å². The van der Waals surface area contributed by atoms with Crippen molar-refractivity contribution in [2.24, 2.45) is 5.92 Å². The predicted octanol–water partition coefficient (Wildman–Crippen LogP) is 6.14. The van der Waals surface area contributed by atoms with E-state index in [0.29, 0.717) is 17.7 Å². The van der Waals surface area contributed by atoms with Crippen molar-refractivity contribution in [3.63, 3.8) is 0 Å². The van der Waals surface area contributed by atoms with Gasteiger partial charge < -0.3 is 14.4 Å². The maximum Gasteiger partial charge on any atom is 0.279 e. The quantitative estimate of drug-likeness (QED) is 0.273. The van der Waals surface area contributed by atoms with Gasteiger partial charge in [0.15, 0.2) is 5.90 Å². The molecule has 4 rings (SSSR count). The summed E-state index contributed by atoms with van der Waals surface area (Å²) in [5, 5.41) is 8.48. The number of hydrogen-bond acceptors (Lipinski definition) is 6. The van der Waals surface area contributed by atoms with Gasteiger partial charge in [-0.3, -0.25) is 5.41 Å². The predicted molar refractivity (Wildman–Crippen MR) is 128 cm³/mol. The first-order chi connectivity index (χ1) is 15.2. The Morgan fingerprint density at radius 1 is 1.13 bits per heavy atom. The molecule has 0 aliphatic heterocycles. The Labute approximate surface area is 188 Å². The minimum Gasteiger partial charge on any atom is -0.481 e. The Hall–Kier alpha value is -2.44. The smallest absolute Gasteiger partial charge is 0.279 e. The minimum absolute atomic E-state index is 0.414. The molecule has 31 heavy (non-hydrogen) atoms. The lowest BCUT2D eigenvalue weighted by molar-refractivity contribution is 0.258. The summed E-state index contributed by atoms with van der Waals surface area (Å²) in [5.74, 6) is 2.11. The average molecular weight is 438 g/mol. The molecule has 1 aliphatic carbocycles. The van der Waals surface area contributed by atoms with Crippen molar-refractivity contribution in [3.8, 4) is 10.9 Å². The van der Waals surface area contributed by atoms with Crippen LogP contribution in [-0.2, 0) is 11.2 Å². The molecule has 164 valence electrons. The van der Waals surface area contributed by atoms with Crippen molar-refractivity contribution in [3.05, 3.63) is 54.1 Å². The van der Waals surface area contributed by atoms with Crippen molar-refractivity contribution < 1.29 is 9.47 Å². The Morgan fingerprint density at radius 3 is 2.68 bits per heavy atom. The second-order valence-corrected chi connectivity index (χ2v) is 9.14. The molecule has 1 aliphatic rings. The third-order valence-corrected chi connectivity index (χ3v) is 6.44. The molecule has 1 heterocycles. The van der Waals surface area contributed by atoms with Crippen molar-refractivity contribution in [1.29, 1.82) is 5.41 Å². The molecule has 0 spiro atoms. The van der Waals surface area contributed by atoms with Crippen LogP contribution >= 0.6 is 11.3 Å². The molecule has 1 N–H and O–H groups in total. The van der Waals surface area contributed by atoms with Gasteiger partial charge in [-0.2, -0.15) is 0 Å². The fourth-order valence-corrected chi connectivity index (χ4v) is 4.51. The monoisotopic (exact) mass is 437 g/mol. The van der Waals surface area contributed by atoms with Crippen LogP contribution in [0.5, 0.6) is 10.9 Å². The first-order valence-corrected chi connectivity index (χ1v) is 12.1. The molecular weight excluding hydrogens is 406 g/mol. The molecule has 0 radical (unpaired) electrons. The lowest BCUT2D eigenvalue weighted by Gasteiger charge is -2.22. The molecule has 2 aromatic carbocycles. The summed E-state index contributed by atoms with van der Waals surface area (Å²) in [6, 6.07) is 16.5. The third-order valence-electron chi connectivity index (χ3n) is 5.53. The van der Waals surface area contributed by atoms with E-state index in [1.165, 1.54) is 24.9 Å². The van der Waals surface area contributed by atoms with E-state index >= 15 is 0 Å². The number of aromatic nitrogens is 1. The summed E-state index contributed by atoms with van der Waals surface area (Å²) >= 11 is 1.57. The van der Waals surface area contributed by atoms with Gasteiger partial charge in [0.2, 0.25) is 0 Å². The fourth-order valence-electron chi connectivity index (χ4n) is 3.68. The highest BCUT2D eigenvalue weighted by molar-refractivity contribution is 7.20. The molecule has 0 saturated heterocycles. The van der Waals surface area contributed by atoms with E-state index in [-0.39, 0.29) is 0 Å². The Morgan fingerprint density at radius 2 is 1.94 bits per heavy atom. The number of ether oxygens (including phenoxy) is 2. The molecule has 6 heteroatoms. The highest BCUT2D eigenvalue weighted by atomic mass is 32.1. The average Bonchev–Trinajstić information content (AvgIpc) is 3.49. The standard InChI is InChI=1S/C25H31N3O2S/c1-2-29-24(26)8-5-16-28(18-20-9-10-20)17-15-19-11-13-21(14-12-19)30-25-27-22-6-3-4-7-23(22)31-25/h3-4,6-7,11-14,20,26H,2,5,8-10,15-18H2,1H3. The van der Waals surface area contributed by atoms with Gasteiger partial charge in [0, 0.05) is 19.5 Å². The topological polar surface area (TPSA) is 58.4 Å². The van der Waals surface area contributed by atoms with E-state index in [1.807, 2.05) is 37.3 Å². The summed E-state index contributed by atoms with van der Waals surface area (Å²) in [7, 11) is 0. The molecule has 0 atom stereocenters. The molecule has 5 nitrogen and oxygen atoms in total. The maximum absolute atomic E-state index is 7.80. The van der Waals surface area contributed by atoms with E-state index < -0.39 is 0 Å². The van der Waals surface area contributed by atoms with Gasteiger partial charge in [0.25, 0.3) is 5.19 Å². The van der Waals surface area contributed by atoms with Crippen molar-refractivity contribution in [2.45, 2.75) is 39.0 Å². The SMILES string of the molecule is CCOC(=N)CCCN(CCc1ccc(Oc2nc3ccccc3s2)cc1)CC1CC1. The van der Waals surface area contributed by atoms with E-state index in [4.69, 9.17) is 14.9 Å². The highest BCUT2D eigenvalue weighted by Gasteiger charge is 2.24. The molecule has 0 bridgehead atoms. The van der Waals surface area contributed by atoms with E-state index in [9.17, 15) is 0 Å². The van der Waals surface area contributed by atoms with Crippen LogP contribution in [0.3, 0.4) is 0 Å². The van der Waals surface area contributed by atoms with Gasteiger partial charge in [-0.25, -0.2) is 4.98 Å². The number of nitrogens with one attached hydrogen (secondary N) is 1. The highest BCUT2D eigenvalue weighted by Crippen LogP contribution is 2.31. The second kappa shape index (κ2) is 10.7. The minimum atomic E-state index is 0.414. The van der Waals surface area contributed by atoms with Crippen molar-refractivity contribution >= 4 is 27.5 Å². The summed E-state index contributed by atoms with van der Waals surface area (Å²) in [4.78, 5) is 7.10. The Kier molecular flexibility index (Phi) is 7.54. The number of rotatable bonds is 12. The van der Waals surface area contributed by atoms with Crippen LogP contribution in [0.2, 0.25) is 0 Å². The molecule has 3 aromatic rings. The number of hydrogen-bond donors (Lipinski definition) is 1. The number of fused-ring (bicyclic) bond motifs is 1. The van der Waals surface area contributed by atoms with Crippen LogP contribution in [0.4, 0.5) is 0 Å². The number of para-hydroxylation sites is 1. The van der Waals surface area contributed by atoms with Gasteiger partial charge in [-0.05, 0) is 74.9 Å².